The molecule has 0 radical (unpaired) electrons. The number of hydrogen-bond acceptors (Lipinski definition) is 4. The largest absolute Gasteiger partial charge is 0.346 e. The Morgan fingerprint density at radius 2 is 1.65 bits per heavy atom. The van der Waals surface area contributed by atoms with E-state index >= 15 is 0 Å². The standard InChI is InChI=1S/C21H25F2N5O3/c1-12(2)24-19(29)21(31)27-9-7-26(8-10-27)20(30)18-13(3)25-28(14(18)4)17-6-5-15(22)11-16(17)23/h5-6,11-12H,7-10H2,1-4H3,(H,24,29). The summed E-state index contributed by atoms with van der Waals surface area (Å²) in [6.07, 6.45) is 0. The van der Waals surface area contributed by atoms with Crippen molar-refractivity contribution >= 4 is 17.7 Å². The number of nitrogens with one attached hydrogen (secondary N) is 1. The molecular formula is C21H25F2N5O3. The maximum atomic E-state index is 14.2. The van der Waals surface area contributed by atoms with Crippen LogP contribution in [-0.4, -0.2) is 69.5 Å². The summed E-state index contributed by atoms with van der Waals surface area (Å²) in [4.78, 5) is 40.3. The monoisotopic (exact) mass is 433 g/mol. The molecule has 0 bridgehead atoms. The number of carbonyl (C=O) groups excluding carboxylic acids is 3. The van der Waals surface area contributed by atoms with E-state index in [0.29, 0.717) is 17.0 Å². The minimum Gasteiger partial charge on any atom is -0.346 e. The lowest BCUT2D eigenvalue weighted by Crippen LogP contribution is -2.54. The third kappa shape index (κ3) is 4.57. The molecule has 1 aliphatic rings. The molecule has 166 valence electrons. The molecule has 1 aromatic heterocycles. The number of benzene rings is 1. The van der Waals surface area contributed by atoms with Gasteiger partial charge >= 0.3 is 11.8 Å². The highest BCUT2D eigenvalue weighted by molar-refractivity contribution is 6.35. The molecule has 31 heavy (non-hydrogen) atoms. The van der Waals surface area contributed by atoms with Crippen LogP contribution in [0, 0.1) is 25.5 Å². The molecule has 0 unspecified atom stereocenters. The molecule has 3 amide bonds. The molecule has 1 aliphatic heterocycles. The average molecular weight is 433 g/mol. The normalized spacial score (nSPS) is 14.2. The van der Waals surface area contributed by atoms with E-state index in [-0.39, 0.29) is 43.8 Å². The van der Waals surface area contributed by atoms with Crippen molar-refractivity contribution in [1.29, 1.82) is 0 Å². The summed E-state index contributed by atoms with van der Waals surface area (Å²) in [6.45, 7) is 7.81. The van der Waals surface area contributed by atoms with Crippen molar-refractivity contribution in [3.8, 4) is 5.69 Å². The number of aromatic nitrogens is 2. The van der Waals surface area contributed by atoms with Gasteiger partial charge in [-0.1, -0.05) is 0 Å². The van der Waals surface area contributed by atoms with Crippen LogP contribution in [0.2, 0.25) is 0 Å². The average Bonchev–Trinajstić information content (AvgIpc) is 3.00. The van der Waals surface area contributed by atoms with Crippen molar-refractivity contribution in [1.82, 2.24) is 24.9 Å². The van der Waals surface area contributed by atoms with Crippen LogP contribution in [0.25, 0.3) is 5.69 Å². The van der Waals surface area contributed by atoms with E-state index in [4.69, 9.17) is 0 Å². The van der Waals surface area contributed by atoms with Gasteiger partial charge in [0.05, 0.1) is 17.0 Å². The smallest absolute Gasteiger partial charge is 0.312 e. The van der Waals surface area contributed by atoms with Gasteiger partial charge in [0, 0.05) is 38.3 Å². The highest BCUT2D eigenvalue weighted by atomic mass is 19.1. The lowest BCUT2D eigenvalue weighted by Gasteiger charge is -2.34. The molecule has 8 nitrogen and oxygen atoms in total. The summed E-state index contributed by atoms with van der Waals surface area (Å²) in [5, 5.41) is 6.84. The van der Waals surface area contributed by atoms with E-state index in [9.17, 15) is 23.2 Å². The molecule has 0 atom stereocenters. The van der Waals surface area contributed by atoms with Crippen molar-refractivity contribution < 1.29 is 23.2 Å². The molecule has 0 aliphatic carbocycles. The Labute approximate surface area is 178 Å². The fourth-order valence-corrected chi connectivity index (χ4v) is 3.58. The maximum absolute atomic E-state index is 14.2. The molecule has 1 fully saturated rings. The second kappa shape index (κ2) is 8.83. The van der Waals surface area contributed by atoms with Crippen LogP contribution < -0.4 is 5.32 Å². The van der Waals surface area contributed by atoms with Crippen LogP contribution in [0.5, 0.6) is 0 Å². The van der Waals surface area contributed by atoms with E-state index < -0.39 is 23.4 Å². The molecule has 2 heterocycles. The van der Waals surface area contributed by atoms with E-state index in [2.05, 4.69) is 10.4 Å². The SMILES string of the molecule is Cc1nn(-c2ccc(F)cc2F)c(C)c1C(=O)N1CCN(C(=O)C(=O)NC(C)C)CC1. The quantitative estimate of drug-likeness (QED) is 0.745. The molecule has 0 spiro atoms. The zero-order valence-electron chi connectivity index (χ0n) is 17.9. The number of hydrogen-bond donors (Lipinski definition) is 1. The summed E-state index contributed by atoms with van der Waals surface area (Å²) in [5.41, 5.74) is 1.23. The lowest BCUT2D eigenvalue weighted by atomic mass is 10.1. The fraction of sp³-hybridized carbons (Fsp3) is 0.429. The Morgan fingerprint density at radius 1 is 1.03 bits per heavy atom. The first-order valence-electron chi connectivity index (χ1n) is 10.0. The van der Waals surface area contributed by atoms with Gasteiger partial charge in [0.2, 0.25) is 0 Å². The number of piperazine rings is 1. The summed E-state index contributed by atoms with van der Waals surface area (Å²) in [7, 11) is 0. The van der Waals surface area contributed by atoms with Crippen LogP contribution in [0.3, 0.4) is 0 Å². The van der Waals surface area contributed by atoms with Gasteiger partial charge in [-0.05, 0) is 39.8 Å². The highest BCUT2D eigenvalue weighted by Gasteiger charge is 2.31. The van der Waals surface area contributed by atoms with Gasteiger partial charge in [-0.15, -0.1) is 0 Å². The van der Waals surface area contributed by atoms with Crippen LogP contribution in [-0.2, 0) is 9.59 Å². The van der Waals surface area contributed by atoms with E-state index in [1.165, 1.54) is 15.6 Å². The first kappa shape index (κ1) is 22.4. The van der Waals surface area contributed by atoms with Gasteiger partial charge in [-0.25, -0.2) is 13.5 Å². The predicted molar refractivity (Wildman–Crippen MR) is 109 cm³/mol. The summed E-state index contributed by atoms with van der Waals surface area (Å²) >= 11 is 0. The zero-order valence-corrected chi connectivity index (χ0v) is 17.9. The van der Waals surface area contributed by atoms with Crippen molar-refractivity contribution in [2.45, 2.75) is 33.7 Å². The molecule has 3 rings (SSSR count). The Bertz CT molecular complexity index is 1030. The topological polar surface area (TPSA) is 87.5 Å². The Hall–Kier alpha value is -3.30. The third-order valence-electron chi connectivity index (χ3n) is 5.11. The summed E-state index contributed by atoms with van der Waals surface area (Å²) < 4.78 is 28.7. The summed E-state index contributed by atoms with van der Waals surface area (Å²) in [5.74, 6) is -3.05. The molecule has 2 aromatic rings. The Kier molecular flexibility index (Phi) is 6.37. The first-order valence-corrected chi connectivity index (χ1v) is 10.0. The van der Waals surface area contributed by atoms with Gasteiger partial charge in [0.15, 0.2) is 5.82 Å². The molecule has 1 aromatic carbocycles. The first-order chi connectivity index (χ1) is 14.6. The predicted octanol–water partition coefficient (Wildman–Crippen LogP) is 1.58. The van der Waals surface area contributed by atoms with Gasteiger partial charge in [0.1, 0.15) is 11.5 Å². The minimum atomic E-state index is -0.781. The van der Waals surface area contributed by atoms with Crippen molar-refractivity contribution in [2.24, 2.45) is 0 Å². The third-order valence-corrected chi connectivity index (χ3v) is 5.11. The van der Waals surface area contributed by atoms with E-state index in [1.807, 2.05) is 0 Å². The van der Waals surface area contributed by atoms with Crippen LogP contribution >= 0.6 is 0 Å². The Balaban J connectivity index is 1.74. The molecule has 0 saturated carbocycles. The number of carbonyl (C=O) groups is 3. The number of nitrogens with zero attached hydrogens (tertiary/aromatic N) is 4. The van der Waals surface area contributed by atoms with E-state index in [0.717, 1.165) is 12.1 Å². The van der Waals surface area contributed by atoms with Crippen molar-refractivity contribution in [2.75, 3.05) is 26.2 Å². The van der Waals surface area contributed by atoms with Gasteiger partial charge in [-0.3, -0.25) is 14.4 Å². The van der Waals surface area contributed by atoms with E-state index in [1.54, 1.807) is 32.6 Å². The zero-order chi connectivity index (χ0) is 22.9. The fourth-order valence-electron chi connectivity index (χ4n) is 3.58. The lowest BCUT2D eigenvalue weighted by molar-refractivity contribution is -0.147. The van der Waals surface area contributed by atoms with Gasteiger partial charge < -0.3 is 15.1 Å². The molecule has 1 saturated heterocycles. The van der Waals surface area contributed by atoms with Crippen molar-refractivity contribution in [3.63, 3.8) is 0 Å². The van der Waals surface area contributed by atoms with Crippen LogP contribution in [0.15, 0.2) is 18.2 Å². The second-order valence-electron chi connectivity index (χ2n) is 7.77. The second-order valence-corrected chi connectivity index (χ2v) is 7.77. The number of aryl methyl sites for hydroxylation is 1. The number of amides is 3. The Morgan fingerprint density at radius 3 is 2.23 bits per heavy atom. The molecule has 1 N–H and O–H groups in total. The highest BCUT2D eigenvalue weighted by Crippen LogP contribution is 2.22. The van der Waals surface area contributed by atoms with Gasteiger partial charge in [0.25, 0.3) is 5.91 Å². The maximum Gasteiger partial charge on any atom is 0.312 e. The van der Waals surface area contributed by atoms with Crippen LogP contribution in [0.1, 0.15) is 35.6 Å². The minimum absolute atomic E-state index is 0.0487. The number of rotatable bonds is 3. The summed E-state index contributed by atoms with van der Waals surface area (Å²) in [6, 6.07) is 3.01. The van der Waals surface area contributed by atoms with Gasteiger partial charge in [-0.2, -0.15) is 5.10 Å². The molecular weight excluding hydrogens is 408 g/mol. The van der Waals surface area contributed by atoms with Crippen molar-refractivity contribution in [3.05, 3.63) is 46.8 Å². The van der Waals surface area contributed by atoms with Crippen LogP contribution in [0.4, 0.5) is 8.78 Å². The number of halogens is 2. The molecule has 10 heteroatoms.